The van der Waals surface area contributed by atoms with E-state index in [1.165, 1.54) is 17.9 Å². The van der Waals surface area contributed by atoms with Crippen LogP contribution in [0.5, 0.6) is 0 Å². The van der Waals surface area contributed by atoms with Gasteiger partial charge in [-0.25, -0.2) is 0 Å². The van der Waals surface area contributed by atoms with Crippen molar-refractivity contribution in [3.05, 3.63) is 57.6 Å². The van der Waals surface area contributed by atoms with Crippen molar-refractivity contribution in [2.75, 3.05) is 16.8 Å². The molecule has 0 unspecified atom stereocenters. The van der Waals surface area contributed by atoms with Gasteiger partial charge in [0.2, 0.25) is 11.8 Å². The molecule has 126 valence electrons. The van der Waals surface area contributed by atoms with Crippen molar-refractivity contribution in [3.63, 3.8) is 0 Å². The van der Waals surface area contributed by atoms with Crippen LogP contribution in [0, 0.1) is 13.8 Å². The summed E-state index contributed by atoms with van der Waals surface area (Å²) in [6, 6.07) is 10.5. The Morgan fingerprint density at radius 3 is 2.38 bits per heavy atom. The molecule has 0 radical (unpaired) electrons. The zero-order chi connectivity index (χ0) is 17.9. The van der Waals surface area contributed by atoms with E-state index < -0.39 is 0 Å². The number of halogens is 2. The molecular formula is C18H18Cl2N2O2. The summed E-state index contributed by atoms with van der Waals surface area (Å²) in [4.78, 5) is 25.6. The molecule has 0 aliphatic heterocycles. The predicted octanol–water partition coefficient (Wildman–Crippen LogP) is 4.60. The highest BCUT2D eigenvalue weighted by Crippen LogP contribution is 2.29. The number of hydrogen-bond donors (Lipinski definition) is 1. The van der Waals surface area contributed by atoms with Crippen LogP contribution in [-0.4, -0.2) is 18.4 Å². The Kier molecular flexibility index (Phi) is 5.86. The van der Waals surface area contributed by atoms with E-state index in [0.29, 0.717) is 15.7 Å². The number of aryl methyl sites for hydroxylation is 2. The topological polar surface area (TPSA) is 49.4 Å². The molecule has 4 nitrogen and oxygen atoms in total. The summed E-state index contributed by atoms with van der Waals surface area (Å²) in [6.07, 6.45) is 0. The quantitative estimate of drug-likeness (QED) is 0.861. The van der Waals surface area contributed by atoms with Crippen LogP contribution in [0.2, 0.25) is 10.0 Å². The van der Waals surface area contributed by atoms with Crippen LogP contribution >= 0.6 is 23.2 Å². The normalized spacial score (nSPS) is 10.4. The maximum absolute atomic E-state index is 12.3. The number of nitrogens with zero attached hydrogens (tertiary/aromatic N) is 1. The van der Waals surface area contributed by atoms with Gasteiger partial charge >= 0.3 is 0 Å². The Morgan fingerprint density at radius 1 is 1.08 bits per heavy atom. The van der Waals surface area contributed by atoms with E-state index in [-0.39, 0.29) is 18.4 Å². The second-order valence-corrected chi connectivity index (χ2v) is 6.41. The van der Waals surface area contributed by atoms with Crippen molar-refractivity contribution in [2.24, 2.45) is 0 Å². The van der Waals surface area contributed by atoms with Crippen LogP contribution in [0.15, 0.2) is 36.4 Å². The molecule has 2 rings (SSSR count). The molecule has 24 heavy (non-hydrogen) atoms. The third kappa shape index (κ3) is 4.49. The highest BCUT2D eigenvalue weighted by atomic mass is 35.5. The highest BCUT2D eigenvalue weighted by molar-refractivity contribution is 6.36. The van der Waals surface area contributed by atoms with E-state index in [9.17, 15) is 9.59 Å². The molecule has 2 aromatic carbocycles. The highest BCUT2D eigenvalue weighted by Gasteiger charge is 2.19. The van der Waals surface area contributed by atoms with E-state index in [2.05, 4.69) is 5.32 Å². The Bertz CT molecular complexity index is 791. The van der Waals surface area contributed by atoms with Crippen molar-refractivity contribution in [1.29, 1.82) is 0 Å². The molecule has 0 saturated carbocycles. The second-order valence-electron chi connectivity index (χ2n) is 5.57. The summed E-state index contributed by atoms with van der Waals surface area (Å²) in [5.41, 5.74) is 3.24. The van der Waals surface area contributed by atoms with Crippen molar-refractivity contribution in [1.82, 2.24) is 0 Å². The average molecular weight is 365 g/mol. The Labute approximate surface area is 151 Å². The number of nitrogens with one attached hydrogen (secondary N) is 1. The first-order chi connectivity index (χ1) is 11.3. The van der Waals surface area contributed by atoms with Crippen LogP contribution in [-0.2, 0) is 9.59 Å². The number of carbonyl (C=O) groups excluding carboxylic acids is 2. The van der Waals surface area contributed by atoms with Gasteiger partial charge in [0.1, 0.15) is 6.54 Å². The molecule has 0 fully saturated rings. The molecule has 0 aromatic heterocycles. The van der Waals surface area contributed by atoms with E-state index in [4.69, 9.17) is 23.2 Å². The van der Waals surface area contributed by atoms with E-state index in [1.54, 1.807) is 12.1 Å². The van der Waals surface area contributed by atoms with Gasteiger partial charge in [-0.1, -0.05) is 40.9 Å². The van der Waals surface area contributed by atoms with Gasteiger partial charge in [0.25, 0.3) is 0 Å². The number of anilines is 2. The Hall–Kier alpha value is -2.04. The molecule has 0 bridgehead atoms. The smallest absolute Gasteiger partial charge is 0.244 e. The molecule has 0 atom stereocenters. The van der Waals surface area contributed by atoms with E-state index in [1.807, 2.05) is 32.0 Å². The average Bonchev–Trinajstić information content (AvgIpc) is 2.48. The van der Waals surface area contributed by atoms with Crippen LogP contribution in [0.4, 0.5) is 11.4 Å². The zero-order valence-corrected chi connectivity index (χ0v) is 15.2. The van der Waals surface area contributed by atoms with Gasteiger partial charge in [-0.05, 0) is 43.7 Å². The summed E-state index contributed by atoms with van der Waals surface area (Å²) in [5.74, 6) is -0.585. The predicted molar refractivity (Wildman–Crippen MR) is 99.0 cm³/mol. The third-order valence-electron chi connectivity index (χ3n) is 3.54. The Morgan fingerprint density at radius 2 is 1.79 bits per heavy atom. The fourth-order valence-electron chi connectivity index (χ4n) is 2.35. The maximum atomic E-state index is 12.3. The first kappa shape index (κ1) is 18.3. The summed E-state index contributed by atoms with van der Waals surface area (Å²) in [7, 11) is 0. The lowest BCUT2D eigenvalue weighted by molar-refractivity contribution is -0.120. The second kappa shape index (κ2) is 7.69. The molecule has 0 aliphatic rings. The molecule has 2 amide bonds. The molecule has 6 heteroatoms. The summed E-state index contributed by atoms with van der Waals surface area (Å²) in [6.45, 7) is 5.15. The largest absolute Gasteiger partial charge is 0.324 e. The number of carbonyl (C=O) groups is 2. The molecule has 1 N–H and O–H groups in total. The van der Waals surface area contributed by atoms with Gasteiger partial charge < -0.3 is 10.2 Å². The lowest BCUT2D eigenvalue weighted by atomic mass is 10.1. The number of hydrogen-bond acceptors (Lipinski definition) is 2. The van der Waals surface area contributed by atoms with Gasteiger partial charge in [-0.2, -0.15) is 0 Å². The Balaban J connectivity index is 2.18. The van der Waals surface area contributed by atoms with Crippen LogP contribution in [0.3, 0.4) is 0 Å². The first-order valence-corrected chi connectivity index (χ1v) is 8.14. The van der Waals surface area contributed by atoms with Gasteiger partial charge in [0.15, 0.2) is 0 Å². The molecule has 2 aromatic rings. The van der Waals surface area contributed by atoms with Crippen molar-refractivity contribution >= 4 is 46.4 Å². The summed E-state index contributed by atoms with van der Waals surface area (Å²) < 4.78 is 0. The fourth-order valence-corrected chi connectivity index (χ4v) is 2.86. The van der Waals surface area contributed by atoms with Crippen molar-refractivity contribution in [3.8, 4) is 0 Å². The minimum atomic E-state index is -0.303. The fraction of sp³-hybridized carbons (Fsp3) is 0.222. The number of amides is 2. The summed E-state index contributed by atoms with van der Waals surface area (Å²) in [5, 5.41) is 3.60. The number of rotatable bonds is 4. The van der Waals surface area contributed by atoms with E-state index >= 15 is 0 Å². The zero-order valence-electron chi connectivity index (χ0n) is 13.7. The van der Waals surface area contributed by atoms with Crippen LogP contribution < -0.4 is 10.2 Å². The molecule has 0 saturated heterocycles. The lowest BCUT2D eigenvalue weighted by Crippen LogP contribution is -2.37. The van der Waals surface area contributed by atoms with Gasteiger partial charge in [-0.15, -0.1) is 0 Å². The van der Waals surface area contributed by atoms with Gasteiger partial charge in [0, 0.05) is 17.6 Å². The summed E-state index contributed by atoms with van der Waals surface area (Å²) >= 11 is 12.0. The van der Waals surface area contributed by atoms with Crippen molar-refractivity contribution in [2.45, 2.75) is 20.8 Å². The third-order valence-corrected chi connectivity index (χ3v) is 4.08. The molecular weight excluding hydrogens is 347 g/mol. The van der Waals surface area contributed by atoms with Gasteiger partial charge in [0.05, 0.1) is 10.7 Å². The van der Waals surface area contributed by atoms with Crippen LogP contribution in [0.25, 0.3) is 0 Å². The SMILES string of the molecule is CC(=O)N(CC(=O)Nc1ccc(C)cc1C)c1ccc(Cl)cc1Cl. The van der Waals surface area contributed by atoms with Crippen molar-refractivity contribution < 1.29 is 9.59 Å². The molecule has 0 heterocycles. The standard InChI is InChI=1S/C18H18Cl2N2O2/c1-11-4-6-16(12(2)8-11)21-18(24)10-22(13(3)23)17-7-5-14(19)9-15(17)20/h4-9H,10H2,1-3H3,(H,21,24). The maximum Gasteiger partial charge on any atom is 0.244 e. The van der Waals surface area contributed by atoms with Gasteiger partial charge in [-0.3, -0.25) is 9.59 Å². The minimum Gasteiger partial charge on any atom is -0.324 e. The molecule has 0 spiro atoms. The minimum absolute atomic E-state index is 0.135. The number of benzene rings is 2. The lowest BCUT2D eigenvalue weighted by Gasteiger charge is -2.22. The van der Waals surface area contributed by atoms with E-state index in [0.717, 1.165) is 16.8 Å². The molecule has 0 aliphatic carbocycles. The van der Waals surface area contributed by atoms with Crippen LogP contribution in [0.1, 0.15) is 18.1 Å². The first-order valence-electron chi connectivity index (χ1n) is 7.38. The monoisotopic (exact) mass is 364 g/mol.